The van der Waals surface area contributed by atoms with Gasteiger partial charge in [0.2, 0.25) is 12.7 Å². The van der Waals surface area contributed by atoms with E-state index in [4.69, 9.17) is 14.2 Å². The number of nitrogens with one attached hydrogen (secondary N) is 2. The van der Waals surface area contributed by atoms with Crippen molar-refractivity contribution in [1.29, 1.82) is 0 Å². The van der Waals surface area contributed by atoms with Crippen LogP contribution in [0, 0.1) is 0 Å². The highest BCUT2D eigenvalue weighted by Crippen LogP contribution is 2.37. The molecule has 0 saturated carbocycles. The third-order valence-corrected chi connectivity index (χ3v) is 5.21. The first-order chi connectivity index (χ1) is 15.3. The van der Waals surface area contributed by atoms with E-state index in [1.165, 1.54) is 24.3 Å². The number of anilines is 1. The van der Waals surface area contributed by atoms with Gasteiger partial charge >= 0.3 is 12.0 Å². The number of benzene rings is 2. The Kier molecular flexibility index (Phi) is 5.43. The highest BCUT2D eigenvalue weighted by atomic mass is 16.7. The van der Waals surface area contributed by atoms with Crippen LogP contribution in [0.3, 0.4) is 0 Å². The molecule has 0 aromatic heterocycles. The van der Waals surface area contributed by atoms with E-state index in [0.717, 1.165) is 4.90 Å². The van der Waals surface area contributed by atoms with Crippen molar-refractivity contribution in [3.05, 3.63) is 53.6 Å². The molecule has 10 heteroatoms. The van der Waals surface area contributed by atoms with Crippen molar-refractivity contribution in [2.45, 2.75) is 19.4 Å². The molecule has 32 heavy (non-hydrogen) atoms. The molecule has 4 amide bonds. The number of urea groups is 1. The van der Waals surface area contributed by atoms with Crippen LogP contribution in [-0.2, 0) is 19.9 Å². The Labute approximate surface area is 183 Å². The van der Waals surface area contributed by atoms with E-state index < -0.39 is 35.9 Å². The summed E-state index contributed by atoms with van der Waals surface area (Å²) in [7, 11) is 0. The third-order valence-electron chi connectivity index (χ3n) is 5.21. The van der Waals surface area contributed by atoms with Crippen LogP contribution in [0.4, 0.5) is 10.5 Å². The molecule has 0 bridgehead atoms. The van der Waals surface area contributed by atoms with Crippen molar-refractivity contribution in [2.24, 2.45) is 0 Å². The second-order valence-corrected chi connectivity index (χ2v) is 7.36. The van der Waals surface area contributed by atoms with E-state index in [-0.39, 0.29) is 13.4 Å². The van der Waals surface area contributed by atoms with Crippen molar-refractivity contribution >= 4 is 29.5 Å². The first-order valence-corrected chi connectivity index (χ1v) is 9.93. The van der Waals surface area contributed by atoms with Crippen LogP contribution in [-0.4, -0.2) is 48.7 Å². The Morgan fingerprint density at radius 2 is 1.84 bits per heavy atom. The van der Waals surface area contributed by atoms with E-state index in [0.29, 0.717) is 28.3 Å². The van der Waals surface area contributed by atoms with E-state index in [1.807, 2.05) is 0 Å². The van der Waals surface area contributed by atoms with Crippen molar-refractivity contribution in [3.8, 4) is 11.5 Å². The van der Waals surface area contributed by atoms with Gasteiger partial charge in [0.1, 0.15) is 12.1 Å². The summed E-state index contributed by atoms with van der Waals surface area (Å²) in [5, 5.41) is 5.26. The number of rotatable bonds is 6. The molecule has 1 saturated heterocycles. The molecule has 0 aliphatic carbocycles. The number of imide groups is 1. The van der Waals surface area contributed by atoms with E-state index in [2.05, 4.69) is 10.6 Å². The smallest absolute Gasteiger partial charge is 0.338 e. The van der Waals surface area contributed by atoms with Gasteiger partial charge in [-0.05, 0) is 55.8 Å². The van der Waals surface area contributed by atoms with Crippen LogP contribution in [0.15, 0.2) is 42.5 Å². The predicted octanol–water partition coefficient (Wildman–Crippen LogP) is 2.00. The van der Waals surface area contributed by atoms with E-state index >= 15 is 0 Å². The first kappa shape index (κ1) is 21.2. The Morgan fingerprint density at radius 1 is 1.12 bits per heavy atom. The third kappa shape index (κ3) is 3.82. The molecule has 2 N–H and O–H groups in total. The van der Waals surface area contributed by atoms with Crippen molar-refractivity contribution in [3.63, 3.8) is 0 Å². The van der Waals surface area contributed by atoms with Crippen molar-refractivity contribution < 1.29 is 33.4 Å². The maximum Gasteiger partial charge on any atom is 0.338 e. The number of nitrogens with zero attached hydrogens (tertiary/aromatic N) is 1. The van der Waals surface area contributed by atoms with Gasteiger partial charge in [-0.1, -0.05) is 6.07 Å². The molecule has 0 spiro atoms. The molecule has 166 valence electrons. The summed E-state index contributed by atoms with van der Waals surface area (Å²) >= 11 is 0. The number of hydrogen-bond acceptors (Lipinski definition) is 7. The number of esters is 1. The standard InChI is InChI=1S/C22H21N3O7/c1-3-30-19(27)13-4-7-15(8-5-13)23-18(26)11-25-20(28)22(2,24-21(25)29)14-6-9-16-17(10-14)32-12-31-16/h4-10H,3,11-12H2,1-2H3,(H,23,26)(H,24,29)/t22-/m0/s1. The van der Waals surface area contributed by atoms with Crippen LogP contribution >= 0.6 is 0 Å². The van der Waals surface area contributed by atoms with Gasteiger partial charge < -0.3 is 24.8 Å². The maximum atomic E-state index is 13.0. The van der Waals surface area contributed by atoms with Gasteiger partial charge in [0.05, 0.1) is 12.2 Å². The van der Waals surface area contributed by atoms with Crippen molar-refractivity contribution in [1.82, 2.24) is 10.2 Å². The van der Waals surface area contributed by atoms with Gasteiger partial charge in [-0.25, -0.2) is 9.59 Å². The molecule has 4 rings (SSSR count). The molecule has 1 fully saturated rings. The highest BCUT2D eigenvalue weighted by Gasteiger charge is 2.49. The zero-order valence-corrected chi connectivity index (χ0v) is 17.5. The lowest BCUT2D eigenvalue weighted by Gasteiger charge is -2.22. The molecule has 2 aromatic rings. The van der Waals surface area contributed by atoms with Crippen molar-refractivity contribution in [2.75, 3.05) is 25.3 Å². The molecule has 10 nitrogen and oxygen atoms in total. The Hall–Kier alpha value is -4.08. The summed E-state index contributed by atoms with van der Waals surface area (Å²) in [4.78, 5) is 50.6. The second kappa shape index (κ2) is 8.22. The monoisotopic (exact) mass is 439 g/mol. The molecule has 2 aliphatic rings. The molecule has 2 heterocycles. The van der Waals surface area contributed by atoms with Crippen LogP contribution in [0.5, 0.6) is 11.5 Å². The summed E-state index contributed by atoms with van der Waals surface area (Å²) < 4.78 is 15.5. The largest absolute Gasteiger partial charge is 0.462 e. The zero-order valence-electron chi connectivity index (χ0n) is 17.5. The minimum atomic E-state index is -1.35. The summed E-state index contributed by atoms with van der Waals surface area (Å²) in [6.07, 6.45) is 0. The Bertz CT molecular complexity index is 1100. The normalized spacial score (nSPS) is 19.0. The van der Waals surface area contributed by atoms with Gasteiger partial charge in [0, 0.05) is 5.69 Å². The molecule has 1 atom stereocenters. The van der Waals surface area contributed by atoms with E-state index in [9.17, 15) is 19.2 Å². The van der Waals surface area contributed by atoms with Crippen LogP contribution in [0.25, 0.3) is 0 Å². The molecular weight excluding hydrogens is 418 g/mol. The summed E-state index contributed by atoms with van der Waals surface area (Å²) in [5.41, 5.74) is -0.0794. The first-order valence-electron chi connectivity index (χ1n) is 9.93. The van der Waals surface area contributed by atoms with Crippen LogP contribution < -0.4 is 20.1 Å². The van der Waals surface area contributed by atoms with Gasteiger partial charge in [-0.15, -0.1) is 0 Å². The number of carbonyl (C=O) groups excluding carboxylic acids is 4. The maximum absolute atomic E-state index is 13.0. The van der Waals surface area contributed by atoms with Crippen LogP contribution in [0.1, 0.15) is 29.8 Å². The lowest BCUT2D eigenvalue weighted by atomic mass is 9.91. The minimum absolute atomic E-state index is 0.0862. The van der Waals surface area contributed by atoms with Gasteiger partial charge in [-0.2, -0.15) is 0 Å². The highest BCUT2D eigenvalue weighted by molar-refractivity contribution is 6.10. The number of ether oxygens (including phenoxy) is 3. The number of carbonyl (C=O) groups is 4. The predicted molar refractivity (Wildman–Crippen MR) is 111 cm³/mol. The Morgan fingerprint density at radius 3 is 2.56 bits per heavy atom. The fraction of sp³-hybridized carbons (Fsp3) is 0.273. The van der Waals surface area contributed by atoms with Gasteiger partial charge in [0.25, 0.3) is 5.91 Å². The quantitative estimate of drug-likeness (QED) is 0.521. The fourth-order valence-corrected chi connectivity index (χ4v) is 3.49. The average Bonchev–Trinajstić information content (AvgIpc) is 3.33. The number of amides is 4. The number of fused-ring (bicyclic) bond motifs is 1. The molecule has 2 aromatic carbocycles. The van der Waals surface area contributed by atoms with Gasteiger partial charge in [0.15, 0.2) is 11.5 Å². The summed E-state index contributed by atoms with van der Waals surface area (Å²) in [5.74, 6) is -0.554. The SMILES string of the molecule is CCOC(=O)c1ccc(NC(=O)CN2C(=O)N[C@@](C)(c3ccc4c(c3)OCO4)C2=O)cc1. The molecule has 2 aliphatic heterocycles. The molecular formula is C22H21N3O7. The topological polar surface area (TPSA) is 123 Å². The number of hydrogen-bond donors (Lipinski definition) is 2. The zero-order chi connectivity index (χ0) is 22.9. The second-order valence-electron chi connectivity index (χ2n) is 7.36. The minimum Gasteiger partial charge on any atom is -0.462 e. The summed E-state index contributed by atoms with van der Waals surface area (Å²) in [6.45, 7) is 3.15. The van der Waals surface area contributed by atoms with Crippen LogP contribution in [0.2, 0.25) is 0 Å². The molecule has 0 radical (unpaired) electrons. The summed E-state index contributed by atoms with van der Waals surface area (Å²) in [6, 6.07) is 10.4. The lowest BCUT2D eigenvalue weighted by molar-refractivity contribution is -0.133. The lowest BCUT2D eigenvalue weighted by Crippen LogP contribution is -2.42. The Balaban J connectivity index is 1.43. The van der Waals surface area contributed by atoms with E-state index in [1.54, 1.807) is 32.0 Å². The average molecular weight is 439 g/mol. The van der Waals surface area contributed by atoms with Gasteiger partial charge in [-0.3, -0.25) is 14.5 Å². The molecule has 0 unspecified atom stereocenters. The fourth-order valence-electron chi connectivity index (χ4n) is 3.49.